The van der Waals surface area contributed by atoms with E-state index in [1.807, 2.05) is 13.8 Å². The molecule has 0 spiro atoms. The number of nitrogens with one attached hydrogen (secondary N) is 1. The Balaban J connectivity index is 0.00000162. The predicted molar refractivity (Wildman–Crippen MR) is 80.1 cm³/mol. The summed E-state index contributed by atoms with van der Waals surface area (Å²) in [7, 11) is 0. The number of hydrogen-bond acceptors (Lipinski definition) is 4. The summed E-state index contributed by atoms with van der Waals surface area (Å²) in [5.74, 6) is 1.89. The van der Waals surface area contributed by atoms with Gasteiger partial charge in [-0.25, -0.2) is 0 Å². The maximum absolute atomic E-state index is 8.97. The lowest BCUT2D eigenvalue weighted by atomic mass is 10.1. The van der Waals surface area contributed by atoms with Gasteiger partial charge in [-0.15, -0.1) is 24.8 Å². The molecule has 2 rings (SSSR count). The zero-order valence-electron chi connectivity index (χ0n) is 11.3. The largest absolute Gasteiger partial charge is 0.464 e. The molecule has 1 aromatic rings. The number of piperazine rings is 1. The number of aryl methyl sites for hydroxylation is 2. The molecule has 1 saturated heterocycles. The molecular weight excluding hydrogens is 285 g/mol. The molecule has 0 unspecified atom stereocenters. The van der Waals surface area contributed by atoms with Crippen molar-refractivity contribution in [2.75, 3.05) is 26.2 Å². The van der Waals surface area contributed by atoms with Crippen molar-refractivity contribution in [3.8, 4) is 6.07 Å². The van der Waals surface area contributed by atoms with E-state index in [2.05, 4.69) is 22.4 Å². The lowest BCUT2D eigenvalue weighted by molar-refractivity contribution is 0.156. The van der Waals surface area contributed by atoms with Crippen molar-refractivity contribution in [3.05, 3.63) is 23.2 Å². The second kappa shape index (κ2) is 8.44. The molecule has 1 aromatic heterocycles. The number of nitriles is 1. The van der Waals surface area contributed by atoms with E-state index in [1.165, 1.54) is 0 Å². The van der Waals surface area contributed by atoms with Crippen LogP contribution in [0.3, 0.4) is 0 Å². The van der Waals surface area contributed by atoms with Gasteiger partial charge in [-0.3, -0.25) is 4.90 Å². The number of hydrogen-bond donors (Lipinski definition) is 1. The highest BCUT2D eigenvalue weighted by Gasteiger charge is 2.25. The number of rotatable bonds is 3. The van der Waals surface area contributed by atoms with E-state index in [1.54, 1.807) is 0 Å². The van der Waals surface area contributed by atoms with E-state index in [9.17, 15) is 0 Å². The minimum Gasteiger partial charge on any atom is -0.464 e. The fraction of sp³-hybridized carbons (Fsp3) is 0.615. The van der Waals surface area contributed by atoms with Gasteiger partial charge in [0, 0.05) is 26.2 Å². The molecule has 108 valence electrons. The average molecular weight is 306 g/mol. The molecule has 1 fully saturated rings. The van der Waals surface area contributed by atoms with Gasteiger partial charge in [0.2, 0.25) is 0 Å². The number of halogens is 2. The molecule has 6 heteroatoms. The van der Waals surface area contributed by atoms with Gasteiger partial charge in [0.15, 0.2) is 0 Å². The molecule has 4 nitrogen and oxygen atoms in total. The Hall–Kier alpha value is -0.730. The van der Waals surface area contributed by atoms with E-state index in [0.29, 0.717) is 6.42 Å². The number of furan rings is 1. The summed E-state index contributed by atoms with van der Waals surface area (Å²) in [4.78, 5) is 2.33. The van der Waals surface area contributed by atoms with Crippen molar-refractivity contribution >= 4 is 24.8 Å². The molecular formula is C13H21Cl2N3O. The third kappa shape index (κ3) is 4.39. The van der Waals surface area contributed by atoms with Gasteiger partial charge in [0.25, 0.3) is 0 Å². The molecule has 0 amide bonds. The summed E-state index contributed by atoms with van der Waals surface area (Å²) >= 11 is 0. The molecule has 1 aliphatic heterocycles. The molecule has 2 heterocycles. The highest BCUT2D eigenvalue weighted by molar-refractivity contribution is 5.85. The summed E-state index contributed by atoms with van der Waals surface area (Å²) in [6.45, 7) is 7.95. The van der Waals surface area contributed by atoms with Gasteiger partial charge in [-0.2, -0.15) is 5.26 Å². The third-order valence-corrected chi connectivity index (χ3v) is 3.39. The van der Waals surface area contributed by atoms with Gasteiger partial charge < -0.3 is 9.73 Å². The lowest BCUT2D eigenvalue weighted by Crippen LogP contribution is -2.45. The molecule has 0 bridgehead atoms. The second-order valence-electron chi connectivity index (χ2n) is 4.55. The van der Waals surface area contributed by atoms with Crippen molar-refractivity contribution in [2.45, 2.75) is 26.3 Å². The normalized spacial score (nSPS) is 16.9. The van der Waals surface area contributed by atoms with Crippen molar-refractivity contribution in [2.24, 2.45) is 0 Å². The van der Waals surface area contributed by atoms with Crippen molar-refractivity contribution in [1.82, 2.24) is 10.2 Å². The molecule has 19 heavy (non-hydrogen) atoms. The van der Waals surface area contributed by atoms with Crippen LogP contribution in [0.5, 0.6) is 0 Å². The third-order valence-electron chi connectivity index (χ3n) is 3.39. The zero-order chi connectivity index (χ0) is 12.3. The van der Waals surface area contributed by atoms with Crippen molar-refractivity contribution in [1.29, 1.82) is 5.26 Å². The summed E-state index contributed by atoms with van der Waals surface area (Å²) in [5, 5.41) is 12.3. The van der Waals surface area contributed by atoms with Crippen molar-refractivity contribution < 1.29 is 4.42 Å². The fourth-order valence-electron chi connectivity index (χ4n) is 2.26. The first-order valence-corrected chi connectivity index (χ1v) is 6.11. The molecule has 0 saturated carbocycles. The highest BCUT2D eigenvalue weighted by atomic mass is 35.5. The highest BCUT2D eigenvalue weighted by Crippen LogP contribution is 2.27. The second-order valence-corrected chi connectivity index (χ2v) is 4.55. The van der Waals surface area contributed by atoms with Crippen LogP contribution in [0.4, 0.5) is 0 Å². The van der Waals surface area contributed by atoms with Crippen LogP contribution in [0.1, 0.15) is 29.5 Å². The van der Waals surface area contributed by atoms with Crippen molar-refractivity contribution in [3.63, 3.8) is 0 Å². The molecule has 1 N–H and O–H groups in total. The van der Waals surface area contributed by atoms with E-state index in [0.717, 1.165) is 43.3 Å². The van der Waals surface area contributed by atoms with Gasteiger partial charge in [-0.05, 0) is 25.5 Å². The Morgan fingerprint density at radius 3 is 2.47 bits per heavy atom. The maximum Gasteiger partial charge on any atom is 0.122 e. The maximum atomic E-state index is 8.97. The van der Waals surface area contributed by atoms with Gasteiger partial charge in [-0.1, -0.05) is 0 Å². The Bertz CT molecular complexity index is 403. The summed E-state index contributed by atoms with van der Waals surface area (Å²) in [6, 6.07) is 4.45. The van der Waals surface area contributed by atoms with Crippen LogP contribution in [0, 0.1) is 25.2 Å². The summed E-state index contributed by atoms with van der Waals surface area (Å²) < 4.78 is 5.77. The summed E-state index contributed by atoms with van der Waals surface area (Å²) in [5.41, 5.74) is 1.16. The van der Waals surface area contributed by atoms with Crippen LogP contribution < -0.4 is 5.32 Å². The SMILES string of the molecule is Cc1cc([C@H](CC#N)N2CCNCC2)oc1C.Cl.Cl. The van der Waals surface area contributed by atoms with Crippen LogP contribution in [0.15, 0.2) is 10.5 Å². The van der Waals surface area contributed by atoms with Crippen LogP contribution in [-0.4, -0.2) is 31.1 Å². The minimum absolute atomic E-state index is 0. The first kappa shape index (κ1) is 18.3. The first-order valence-electron chi connectivity index (χ1n) is 6.11. The van der Waals surface area contributed by atoms with Gasteiger partial charge in [0.1, 0.15) is 11.5 Å². The molecule has 0 aliphatic carbocycles. The smallest absolute Gasteiger partial charge is 0.122 e. The summed E-state index contributed by atoms with van der Waals surface area (Å²) in [6.07, 6.45) is 0.492. The predicted octanol–water partition coefficient (Wildman–Crippen LogP) is 2.60. The van der Waals surface area contributed by atoms with Crippen LogP contribution in [0.25, 0.3) is 0 Å². The quantitative estimate of drug-likeness (QED) is 0.932. The van der Waals surface area contributed by atoms with E-state index < -0.39 is 0 Å². The molecule has 1 atom stereocenters. The molecule has 0 radical (unpaired) electrons. The van der Waals surface area contributed by atoms with E-state index in [-0.39, 0.29) is 30.9 Å². The van der Waals surface area contributed by atoms with Gasteiger partial charge >= 0.3 is 0 Å². The average Bonchev–Trinajstić information content (AvgIpc) is 2.67. The molecule has 1 aliphatic rings. The Labute approximate surface area is 127 Å². The van der Waals surface area contributed by atoms with E-state index in [4.69, 9.17) is 9.68 Å². The standard InChI is InChI=1S/C13H19N3O.2ClH/c1-10-9-13(17-11(10)2)12(3-4-14)16-7-5-15-6-8-16;;/h9,12,15H,3,5-8H2,1-2H3;2*1H/t12-;;/m0../s1. The minimum atomic E-state index is 0. The first-order chi connectivity index (χ1) is 8.22. The van der Waals surface area contributed by atoms with Gasteiger partial charge in [0.05, 0.1) is 18.5 Å². The Morgan fingerprint density at radius 1 is 1.37 bits per heavy atom. The Kier molecular flexibility index (Phi) is 8.12. The monoisotopic (exact) mass is 305 g/mol. The number of nitrogens with zero attached hydrogens (tertiary/aromatic N) is 2. The topological polar surface area (TPSA) is 52.2 Å². The zero-order valence-corrected chi connectivity index (χ0v) is 12.9. The molecule has 0 aromatic carbocycles. The van der Waals surface area contributed by atoms with E-state index >= 15 is 0 Å². The lowest BCUT2D eigenvalue weighted by Gasteiger charge is -2.32. The fourth-order valence-corrected chi connectivity index (χ4v) is 2.26. The Morgan fingerprint density at radius 2 is 2.00 bits per heavy atom. The van der Waals surface area contributed by atoms with Crippen LogP contribution in [0.2, 0.25) is 0 Å². The van der Waals surface area contributed by atoms with Crippen LogP contribution >= 0.6 is 24.8 Å². The van der Waals surface area contributed by atoms with Crippen LogP contribution in [-0.2, 0) is 0 Å².